The molecule has 11 heavy (non-hydrogen) atoms. The minimum absolute atomic E-state index is 0.487. The van der Waals surface area contributed by atoms with E-state index in [-0.39, 0.29) is 0 Å². The van der Waals surface area contributed by atoms with Gasteiger partial charge in [0.15, 0.2) is 0 Å². The van der Waals surface area contributed by atoms with Crippen LogP contribution in [-0.2, 0) is 0 Å². The largest absolute Gasteiger partial charge is 0.386 e. The molecule has 0 spiro atoms. The fourth-order valence-corrected chi connectivity index (χ4v) is 0.822. The summed E-state index contributed by atoms with van der Waals surface area (Å²) in [5.41, 5.74) is 1.50. The van der Waals surface area contributed by atoms with Crippen molar-refractivity contribution >= 4 is 11.8 Å². The van der Waals surface area contributed by atoms with Crippen LogP contribution in [-0.4, -0.2) is 12.0 Å². The molecule has 2 nitrogen and oxygen atoms in total. The second-order valence-electron chi connectivity index (χ2n) is 2.05. The van der Waals surface area contributed by atoms with Crippen molar-refractivity contribution in [2.24, 2.45) is 0 Å². The molecule has 1 aromatic rings. The first-order valence-electron chi connectivity index (χ1n) is 3.23. The van der Waals surface area contributed by atoms with Crippen LogP contribution in [0.4, 0.5) is 10.1 Å². The smallest absolute Gasteiger partial charge is 0.213 e. The zero-order valence-electron chi connectivity index (χ0n) is 6.26. The van der Waals surface area contributed by atoms with E-state index in [0.29, 0.717) is 0 Å². The Balaban J connectivity index is 3.16. The Hall–Kier alpha value is -1.38. The Morgan fingerprint density at radius 1 is 1.73 bits per heavy atom. The van der Waals surface area contributed by atoms with Crippen molar-refractivity contribution in [2.75, 3.05) is 12.4 Å². The third kappa shape index (κ3) is 1.55. The summed E-state index contributed by atoms with van der Waals surface area (Å²) in [6.45, 7) is 3.55. The molecule has 0 unspecified atom stereocenters. The molecule has 0 fully saturated rings. The number of hydrogen-bond acceptors (Lipinski definition) is 2. The summed E-state index contributed by atoms with van der Waals surface area (Å²) in [6, 6.07) is 1.33. The Kier molecular flexibility index (Phi) is 2.21. The van der Waals surface area contributed by atoms with Crippen LogP contribution in [0.3, 0.4) is 0 Å². The summed E-state index contributed by atoms with van der Waals surface area (Å²) in [4.78, 5) is 3.48. The van der Waals surface area contributed by atoms with E-state index in [1.807, 2.05) is 0 Å². The molecule has 0 bridgehead atoms. The monoisotopic (exact) mass is 152 g/mol. The molecule has 0 atom stereocenters. The van der Waals surface area contributed by atoms with Gasteiger partial charge in [-0.2, -0.15) is 4.39 Å². The minimum atomic E-state index is -0.487. The molecule has 0 saturated carbocycles. The molecular formula is C8H9FN2. The number of halogens is 1. The number of hydrogen-bond donors (Lipinski definition) is 1. The summed E-state index contributed by atoms with van der Waals surface area (Å²) in [5, 5.41) is 2.87. The second kappa shape index (κ2) is 3.14. The van der Waals surface area contributed by atoms with Crippen LogP contribution >= 0.6 is 0 Å². The third-order valence-corrected chi connectivity index (χ3v) is 1.39. The lowest BCUT2D eigenvalue weighted by molar-refractivity contribution is 0.584. The predicted molar refractivity (Wildman–Crippen MR) is 43.8 cm³/mol. The normalized spacial score (nSPS) is 9.27. The molecule has 0 radical (unpaired) electrons. The van der Waals surface area contributed by atoms with Gasteiger partial charge < -0.3 is 5.32 Å². The van der Waals surface area contributed by atoms with Gasteiger partial charge in [-0.3, -0.25) is 0 Å². The van der Waals surface area contributed by atoms with E-state index in [1.54, 1.807) is 13.1 Å². The van der Waals surface area contributed by atoms with Gasteiger partial charge in [-0.05, 0) is 0 Å². The van der Waals surface area contributed by atoms with Crippen molar-refractivity contribution in [2.45, 2.75) is 0 Å². The number of aromatic nitrogens is 1. The first-order valence-corrected chi connectivity index (χ1v) is 3.23. The summed E-state index contributed by atoms with van der Waals surface area (Å²) in [7, 11) is 1.75. The van der Waals surface area contributed by atoms with Crippen molar-refractivity contribution in [3.63, 3.8) is 0 Å². The topological polar surface area (TPSA) is 24.9 Å². The van der Waals surface area contributed by atoms with Crippen molar-refractivity contribution in [3.05, 3.63) is 30.4 Å². The maximum absolute atomic E-state index is 12.5. The van der Waals surface area contributed by atoms with Gasteiger partial charge in [-0.1, -0.05) is 12.7 Å². The third-order valence-electron chi connectivity index (χ3n) is 1.39. The highest BCUT2D eigenvalue weighted by atomic mass is 19.1. The summed E-state index contributed by atoms with van der Waals surface area (Å²) in [6.07, 6.45) is 3.02. The molecule has 3 heteroatoms. The van der Waals surface area contributed by atoms with Gasteiger partial charge in [-0.25, -0.2) is 4.98 Å². The molecule has 0 aromatic carbocycles. The van der Waals surface area contributed by atoms with Crippen LogP contribution in [0.5, 0.6) is 0 Å². The van der Waals surface area contributed by atoms with E-state index in [2.05, 4.69) is 16.9 Å². The first-order chi connectivity index (χ1) is 5.27. The van der Waals surface area contributed by atoms with Crippen molar-refractivity contribution < 1.29 is 4.39 Å². The van der Waals surface area contributed by atoms with Crippen molar-refractivity contribution in [3.8, 4) is 0 Å². The van der Waals surface area contributed by atoms with Crippen LogP contribution < -0.4 is 5.32 Å². The highest BCUT2D eigenvalue weighted by molar-refractivity contribution is 5.63. The van der Waals surface area contributed by atoms with E-state index in [9.17, 15) is 4.39 Å². The SMILES string of the molecule is C=Cc1cc(F)ncc1NC. The number of rotatable bonds is 2. The Morgan fingerprint density at radius 2 is 2.45 bits per heavy atom. The van der Waals surface area contributed by atoms with Crippen LogP contribution in [0, 0.1) is 5.95 Å². The fourth-order valence-electron chi connectivity index (χ4n) is 0.822. The number of nitrogens with zero attached hydrogens (tertiary/aromatic N) is 1. The van der Waals surface area contributed by atoms with Crippen LogP contribution in [0.25, 0.3) is 6.08 Å². The molecule has 1 aromatic heterocycles. The molecule has 58 valence electrons. The van der Waals surface area contributed by atoms with E-state index in [4.69, 9.17) is 0 Å². The van der Waals surface area contributed by atoms with Crippen molar-refractivity contribution in [1.29, 1.82) is 0 Å². The maximum Gasteiger partial charge on any atom is 0.213 e. The highest BCUT2D eigenvalue weighted by Gasteiger charge is 1.98. The Labute approximate surface area is 64.8 Å². The van der Waals surface area contributed by atoms with Gasteiger partial charge in [0.05, 0.1) is 11.9 Å². The molecule has 0 saturated heterocycles. The summed E-state index contributed by atoms with van der Waals surface area (Å²) in [5.74, 6) is -0.487. The average Bonchev–Trinajstić information content (AvgIpc) is 2.04. The quantitative estimate of drug-likeness (QED) is 0.655. The predicted octanol–water partition coefficient (Wildman–Crippen LogP) is 1.91. The lowest BCUT2D eigenvalue weighted by Crippen LogP contribution is -1.94. The molecular weight excluding hydrogens is 143 g/mol. The standard InChI is InChI=1S/C8H9FN2/c1-3-6-4-8(9)11-5-7(6)10-2/h3-5,10H,1H2,2H3. The van der Waals surface area contributed by atoms with Gasteiger partial charge in [0.2, 0.25) is 5.95 Å². The van der Waals surface area contributed by atoms with Crippen molar-refractivity contribution in [1.82, 2.24) is 4.98 Å². The molecule has 0 aliphatic rings. The molecule has 1 N–H and O–H groups in total. The lowest BCUT2D eigenvalue weighted by atomic mass is 10.2. The highest BCUT2D eigenvalue weighted by Crippen LogP contribution is 2.14. The average molecular weight is 152 g/mol. The van der Waals surface area contributed by atoms with Gasteiger partial charge in [0, 0.05) is 18.7 Å². The van der Waals surface area contributed by atoms with E-state index >= 15 is 0 Å². The Morgan fingerprint density at radius 3 is 3.00 bits per heavy atom. The van der Waals surface area contributed by atoms with Gasteiger partial charge in [-0.15, -0.1) is 0 Å². The molecule has 0 amide bonds. The zero-order valence-corrected chi connectivity index (χ0v) is 6.26. The summed E-state index contributed by atoms with van der Waals surface area (Å²) >= 11 is 0. The van der Waals surface area contributed by atoms with E-state index in [0.717, 1.165) is 11.3 Å². The summed E-state index contributed by atoms with van der Waals surface area (Å²) < 4.78 is 12.5. The second-order valence-corrected chi connectivity index (χ2v) is 2.05. The number of nitrogens with one attached hydrogen (secondary N) is 1. The van der Waals surface area contributed by atoms with E-state index in [1.165, 1.54) is 12.3 Å². The van der Waals surface area contributed by atoms with Crippen LogP contribution in [0.1, 0.15) is 5.56 Å². The first kappa shape index (κ1) is 7.72. The number of pyridine rings is 1. The molecule has 1 heterocycles. The minimum Gasteiger partial charge on any atom is -0.386 e. The van der Waals surface area contributed by atoms with Crippen LogP contribution in [0.15, 0.2) is 18.8 Å². The molecule has 1 rings (SSSR count). The fraction of sp³-hybridized carbons (Fsp3) is 0.125. The molecule has 0 aliphatic heterocycles. The zero-order chi connectivity index (χ0) is 8.27. The lowest BCUT2D eigenvalue weighted by Gasteiger charge is -2.02. The number of anilines is 1. The van der Waals surface area contributed by atoms with Gasteiger partial charge >= 0.3 is 0 Å². The molecule has 0 aliphatic carbocycles. The maximum atomic E-state index is 12.5. The van der Waals surface area contributed by atoms with Gasteiger partial charge in [0.1, 0.15) is 0 Å². The van der Waals surface area contributed by atoms with Gasteiger partial charge in [0.25, 0.3) is 0 Å². The van der Waals surface area contributed by atoms with Crippen LogP contribution in [0.2, 0.25) is 0 Å². The Bertz CT molecular complexity index is 271. The van der Waals surface area contributed by atoms with E-state index < -0.39 is 5.95 Å².